The summed E-state index contributed by atoms with van der Waals surface area (Å²) in [4.78, 5) is 23.2. The van der Waals surface area contributed by atoms with E-state index < -0.39 is 7.82 Å². The van der Waals surface area contributed by atoms with Gasteiger partial charge in [-0.2, -0.15) is 0 Å². The Morgan fingerprint density at radius 3 is 1.62 bits per heavy atom. The molecule has 0 fully saturated rings. The molecule has 2 atom stereocenters. The molecule has 7 heteroatoms. The molecule has 0 heterocycles. The molecular weight excluding hydrogens is 543 g/mol. The third-order valence-electron chi connectivity index (χ3n) is 9.45. The molecule has 1 aromatic rings. The molecule has 0 spiro atoms. The van der Waals surface area contributed by atoms with Crippen molar-refractivity contribution in [3.63, 3.8) is 0 Å². The Labute approximate surface area is 260 Å². The van der Waals surface area contributed by atoms with Crippen LogP contribution in [-0.4, -0.2) is 59.6 Å². The molecule has 246 valence electrons. The van der Waals surface area contributed by atoms with Gasteiger partial charge in [0.05, 0.1) is 19.6 Å². The third-order valence-corrected chi connectivity index (χ3v) is 9.92. The normalized spacial score (nSPS) is 14.4. The van der Waals surface area contributed by atoms with E-state index in [4.69, 9.17) is 4.52 Å². The standard InChI is InChI=1S/C35H67N2O4P/c1-5-9-10-11-12-13-14-15-16-17-18-19-20-21-22-26-30-36(32-34-27-24-23-25-28-34)31-29-35(33-41-42(38,39)40)37(6-2,7-3)8-4/h23-25,27-28,35H,5-22,26,29-33H2,1-4H3,(H-,38,39,40). The molecule has 2 unspecified atom stereocenters. The van der Waals surface area contributed by atoms with Crippen LogP contribution in [0.15, 0.2) is 30.3 Å². The molecule has 1 N–H and O–H groups in total. The monoisotopic (exact) mass is 610 g/mol. The highest BCUT2D eigenvalue weighted by molar-refractivity contribution is 7.44. The summed E-state index contributed by atoms with van der Waals surface area (Å²) in [5, 5.41) is 0. The number of nitrogens with zero attached hydrogens (tertiary/aromatic N) is 2. The van der Waals surface area contributed by atoms with Crippen molar-refractivity contribution in [3.05, 3.63) is 35.9 Å². The van der Waals surface area contributed by atoms with Crippen LogP contribution in [0.5, 0.6) is 0 Å². The fourth-order valence-electron chi connectivity index (χ4n) is 6.47. The lowest BCUT2D eigenvalue weighted by Crippen LogP contribution is -2.57. The van der Waals surface area contributed by atoms with Crippen LogP contribution < -0.4 is 4.89 Å². The maximum absolute atomic E-state index is 11.4. The highest BCUT2D eigenvalue weighted by Gasteiger charge is 2.33. The number of likely N-dealkylation sites (N-methyl/N-ethyl adjacent to an activating group) is 1. The van der Waals surface area contributed by atoms with Gasteiger partial charge in [0, 0.05) is 19.5 Å². The summed E-state index contributed by atoms with van der Waals surface area (Å²) in [5.41, 5.74) is 1.31. The summed E-state index contributed by atoms with van der Waals surface area (Å²) in [6.45, 7) is 14.4. The zero-order valence-corrected chi connectivity index (χ0v) is 28.8. The van der Waals surface area contributed by atoms with Gasteiger partial charge in [-0.05, 0) is 39.3 Å². The van der Waals surface area contributed by atoms with E-state index in [1.54, 1.807) is 0 Å². The number of quaternary nitrogens is 1. The van der Waals surface area contributed by atoms with Gasteiger partial charge in [0.15, 0.2) is 0 Å². The SMILES string of the molecule is CCCCCCCCCCCCCCCCCCN(CCC(COP(=O)([O-])O)[N+](CC)(CC)CC)Cc1ccccc1. The van der Waals surface area contributed by atoms with Crippen LogP contribution >= 0.6 is 7.82 Å². The average molecular weight is 611 g/mol. The number of phosphoric ester groups is 1. The van der Waals surface area contributed by atoms with Gasteiger partial charge in [-0.1, -0.05) is 134 Å². The minimum atomic E-state index is -4.74. The van der Waals surface area contributed by atoms with Gasteiger partial charge >= 0.3 is 0 Å². The first-order valence-corrected chi connectivity index (χ1v) is 19.1. The Bertz CT molecular complexity index is 776. The van der Waals surface area contributed by atoms with Gasteiger partial charge < -0.3 is 18.8 Å². The molecule has 0 saturated carbocycles. The van der Waals surface area contributed by atoms with Crippen molar-refractivity contribution in [2.75, 3.05) is 39.3 Å². The van der Waals surface area contributed by atoms with Gasteiger partial charge in [0.2, 0.25) is 0 Å². The summed E-state index contributed by atoms with van der Waals surface area (Å²) < 4.78 is 17.2. The van der Waals surface area contributed by atoms with E-state index in [0.29, 0.717) is 0 Å². The van der Waals surface area contributed by atoms with E-state index in [1.807, 2.05) is 0 Å². The molecule has 1 aromatic carbocycles. The largest absolute Gasteiger partial charge is 0.756 e. The number of rotatable bonds is 29. The highest BCUT2D eigenvalue weighted by atomic mass is 31.2. The molecule has 0 amide bonds. The maximum Gasteiger partial charge on any atom is 0.265 e. The lowest BCUT2D eigenvalue weighted by Gasteiger charge is -2.44. The van der Waals surface area contributed by atoms with Gasteiger partial charge in [-0.25, -0.2) is 0 Å². The molecule has 0 aliphatic heterocycles. The Morgan fingerprint density at radius 2 is 1.19 bits per heavy atom. The van der Waals surface area contributed by atoms with E-state index in [9.17, 15) is 14.4 Å². The van der Waals surface area contributed by atoms with Crippen LogP contribution in [0.3, 0.4) is 0 Å². The molecule has 0 saturated heterocycles. The molecule has 0 radical (unpaired) electrons. The van der Waals surface area contributed by atoms with Crippen molar-refractivity contribution in [1.29, 1.82) is 0 Å². The lowest BCUT2D eigenvalue weighted by molar-refractivity contribution is -0.947. The van der Waals surface area contributed by atoms with Gasteiger partial charge in [0.1, 0.15) is 12.6 Å². The Kier molecular flexibility index (Phi) is 23.0. The third kappa shape index (κ3) is 18.8. The summed E-state index contributed by atoms with van der Waals surface area (Å²) in [6.07, 6.45) is 22.8. The fraction of sp³-hybridized carbons (Fsp3) is 0.829. The lowest BCUT2D eigenvalue weighted by atomic mass is 10.0. The second-order valence-corrected chi connectivity index (χ2v) is 13.6. The Balaban J connectivity index is 2.42. The number of hydrogen-bond acceptors (Lipinski definition) is 4. The van der Waals surface area contributed by atoms with Crippen LogP contribution in [0, 0.1) is 0 Å². The van der Waals surface area contributed by atoms with Gasteiger partial charge in [0.25, 0.3) is 7.82 Å². The topological polar surface area (TPSA) is 72.8 Å². The van der Waals surface area contributed by atoms with E-state index in [0.717, 1.165) is 50.2 Å². The number of benzene rings is 1. The summed E-state index contributed by atoms with van der Waals surface area (Å²) >= 11 is 0. The van der Waals surface area contributed by atoms with Crippen LogP contribution in [0.2, 0.25) is 0 Å². The Hall–Kier alpha value is -0.750. The van der Waals surface area contributed by atoms with Crippen LogP contribution in [0.4, 0.5) is 0 Å². The van der Waals surface area contributed by atoms with Crippen molar-refractivity contribution in [2.24, 2.45) is 0 Å². The van der Waals surface area contributed by atoms with Gasteiger partial charge in [-0.15, -0.1) is 0 Å². The zero-order valence-electron chi connectivity index (χ0n) is 27.9. The summed E-state index contributed by atoms with van der Waals surface area (Å²) in [5.74, 6) is 0. The zero-order chi connectivity index (χ0) is 30.9. The predicted octanol–water partition coefficient (Wildman–Crippen LogP) is 8.86. The first-order valence-electron chi connectivity index (χ1n) is 17.6. The molecule has 0 aliphatic carbocycles. The predicted molar refractivity (Wildman–Crippen MR) is 177 cm³/mol. The number of unbranched alkanes of at least 4 members (excludes halogenated alkanes) is 15. The van der Waals surface area contributed by atoms with Gasteiger partial charge in [-0.3, -0.25) is 9.46 Å². The minimum absolute atomic E-state index is 0.0171. The fourth-order valence-corrected chi connectivity index (χ4v) is 6.83. The van der Waals surface area contributed by atoms with Crippen molar-refractivity contribution >= 4 is 7.82 Å². The molecule has 1 rings (SSSR count). The van der Waals surface area contributed by atoms with Crippen molar-refractivity contribution in [3.8, 4) is 0 Å². The maximum atomic E-state index is 11.4. The molecule has 0 bridgehead atoms. The molecule has 42 heavy (non-hydrogen) atoms. The van der Waals surface area contributed by atoms with E-state index >= 15 is 0 Å². The summed E-state index contributed by atoms with van der Waals surface area (Å²) in [6, 6.07) is 10.6. The number of phosphoric acid groups is 1. The first-order chi connectivity index (χ1) is 20.3. The molecule has 6 nitrogen and oxygen atoms in total. The van der Waals surface area contributed by atoms with E-state index in [2.05, 4.69) is 62.9 Å². The van der Waals surface area contributed by atoms with Crippen LogP contribution in [-0.2, 0) is 15.6 Å². The molecule has 0 aromatic heterocycles. The second kappa shape index (κ2) is 24.6. The van der Waals surface area contributed by atoms with E-state index in [1.165, 1.54) is 108 Å². The molecular formula is C35H67N2O4P. The minimum Gasteiger partial charge on any atom is -0.756 e. The quantitative estimate of drug-likeness (QED) is 0.0557. The van der Waals surface area contributed by atoms with E-state index in [-0.39, 0.29) is 12.6 Å². The van der Waals surface area contributed by atoms with Crippen molar-refractivity contribution < 1.29 is 23.4 Å². The average Bonchev–Trinajstić information content (AvgIpc) is 2.98. The highest BCUT2D eigenvalue weighted by Crippen LogP contribution is 2.32. The molecule has 0 aliphatic rings. The van der Waals surface area contributed by atoms with Crippen LogP contribution in [0.25, 0.3) is 0 Å². The second-order valence-electron chi connectivity index (χ2n) is 12.4. The number of hydrogen-bond donors (Lipinski definition) is 1. The van der Waals surface area contributed by atoms with Crippen LogP contribution in [0.1, 0.15) is 142 Å². The van der Waals surface area contributed by atoms with Crippen molar-refractivity contribution in [1.82, 2.24) is 4.90 Å². The smallest absolute Gasteiger partial charge is 0.265 e. The summed E-state index contributed by atoms with van der Waals surface area (Å²) in [7, 11) is -4.74. The first kappa shape index (κ1) is 39.3. The van der Waals surface area contributed by atoms with Crippen molar-refractivity contribution in [2.45, 2.75) is 149 Å². The Morgan fingerprint density at radius 1 is 0.738 bits per heavy atom.